The third-order valence-corrected chi connectivity index (χ3v) is 1.80. The van der Waals surface area contributed by atoms with Crippen LogP contribution in [-0.2, 0) is 0 Å². The zero-order chi connectivity index (χ0) is 9.19. The van der Waals surface area contributed by atoms with Gasteiger partial charge in [0.25, 0.3) is 0 Å². The third kappa shape index (κ3) is 3.44. The van der Waals surface area contributed by atoms with E-state index in [1.54, 1.807) is 0 Å². The van der Waals surface area contributed by atoms with Gasteiger partial charge in [-0.15, -0.1) is 0 Å². The van der Waals surface area contributed by atoms with E-state index >= 15 is 0 Å². The second-order valence-electron chi connectivity index (χ2n) is 3.72. The van der Waals surface area contributed by atoms with Crippen molar-refractivity contribution in [2.24, 2.45) is 0 Å². The molecular weight excluding hydrogens is 277 g/mol. The number of hydrogen-bond donors (Lipinski definition) is 0. The van der Waals surface area contributed by atoms with Gasteiger partial charge < -0.3 is 24.0 Å². The summed E-state index contributed by atoms with van der Waals surface area (Å²) >= 11 is 0. The molecule has 0 heterocycles. The molecule has 3 heteroatoms. The summed E-state index contributed by atoms with van der Waals surface area (Å²) in [6, 6.07) is 7.63. The lowest BCUT2D eigenvalue weighted by Gasteiger charge is -2.23. The highest BCUT2D eigenvalue weighted by Crippen LogP contribution is 2.16. The Morgan fingerprint density at radius 3 is 1.85 bits per heavy atom. The highest BCUT2D eigenvalue weighted by molar-refractivity contribution is 5.75. The summed E-state index contributed by atoms with van der Waals surface area (Å²) in [7, 11) is 6.28. The summed E-state index contributed by atoms with van der Waals surface area (Å²) in [5, 5.41) is 0. The second-order valence-corrected chi connectivity index (χ2v) is 3.72. The molecule has 0 unspecified atom stereocenters. The largest absolute Gasteiger partial charge is 1.00 e. The van der Waals surface area contributed by atoms with Gasteiger partial charge in [-0.2, -0.15) is 0 Å². The highest BCUT2D eigenvalue weighted by atomic mass is 127. The molecule has 1 aromatic rings. The Kier molecular flexibility index (Phi) is 4.56. The lowest BCUT2D eigenvalue weighted by molar-refractivity contribution is -0.00000916. The molecule has 1 aromatic carbocycles. The molecule has 0 aliphatic carbocycles. The molecule has 0 aliphatic rings. The van der Waals surface area contributed by atoms with Gasteiger partial charge in [-0.25, -0.2) is 0 Å². The van der Waals surface area contributed by atoms with E-state index in [1.807, 2.05) is 24.3 Å². The van der Waals surface area contributed by atoms with Crippen molar-refractivity contribution in [3.63, 3.8) is 0 Å². The van der Waals surface area contributed by atoms with E-state index in [-0.39, 0.29) is 24.0 Å². The number of halogens is 1. The van der Waals surface area contributed by atoms with Crippen molar-refractivity contribution in [2.75, 3.05) is 21.1 Å². The Morgan fingerprint density at radius 2 is 1.54 bits per heavy atom. The standard InChI is InChI=1S/C10H14NO.HI/c1-11(2,3)10-6-4-9(8-12)5-7-10;/h4-8H,1-3H3;1H/q+1;/p-1. The van der Waals surface area contributed by atoms with Gasteiger partial charge in [0.1, 0.15) is 12.0 Å². The number of hydrogen-bond acceptors (Lipinski definition) is 1. The molecule has 0 fully saturated rings. The van der Waals surface area contributed by atoms with Crippen molar-refractivity contribution in [3.8, 4) is 0 Å². The highest BCUT2D eigenvalue weighted by Gasteiger charge is 2.10. The van der Waals surface area contributed by atoms with Crippen LogP contribution >= 0.6 is 0 Å². The molecule has 0 saturated heterocycles. The Hall–Kier alpha value is -0.420. The van der Waals surface area contributed by atoms with Crippen molar-refractivity contribution < 1.29 is 28.8 Å². The molecule has 0 radical (unpaired) electrons. The van der Waals surface area contributed by atoms with Crippen LogP contribution in [0.15, 0.2) is 24.3 Å². The van der Waals surface area contributed by atoms with E-state index in [1.165, 1.54) is 5.69 Å². The van der Waals surface area contributed by atoms with Gasteiger partial charge in [-0.05, 0) is 24.3 Å². The van der Waals surface area contributed by atoms with Crippen molar-refractivity contribution in [1.82, 2.24) is 4.48 Å². The van der Waals surface area contributed by atoms with Gasteiger partial charge >= 0.3 is 0 Å². The topological polar surface area (TPSA) is 17.1 Å². The van der Waals surface area contributed by atoms with Gasteiger partial charge in [0.2, 0.25) is 0 Å². The SMILES string of the molecule is C[N+](C)(C)c1ccc(C=O)cc1.[I-]. The Morgan fingerprint density at radius 1 is 1.08 bits per heavy atom. The summed E-state index contributed by atoms with van der Waals surface area (Å²) in [6.45, 7) is 0. The first-order valence-corrected chi connectivity index (χ1v) is 3.91. The molecule has 0 bridgehead atoms. The van der Waals surface area contributed by atoms with Crippen molar-refractivity contribution in [2.45, 2.75) is 0 Å². The molecule has 0 amide bonds. The Labute approximate surface area is 96.2 Å². The van der Waals surface area contributed by atoms with Crippen LogP contribution in [0.3, 0.4) is 0 Å². The second kappa shape index (κ2) is 4.72. The quantitative estimate of drug-likeness (QED) is 0.376. The normalized spacial score (nSPS) is 10.4. The first-order chi connectivity index (χ1) is 5.54. The molecule has 1 rings (SSSR count). The number of aldehydes is 1. The van der Waals surface area contributed by atoms with Gasteiger partial charge in [0.15, 0.2) is 0 Å². The van der Waals surface area contributed by atoms with E-state index in [0.717, 1.165) is 16.3 Å². The summed E-state index contributed by atoms with van der Waals surface area (Å²) in [5.41, 5.74) is 1.92. The number of quaternary nitrogens is 1. The predicted octanol–water partition coefficient (Wildman–Crippen LogP) is -1.30. The lowest BCUT2D eigenvalue weighted by atomic mass is 10.2. The van der Waals surface area contributed by atoms with Crippen LogP contribution < -0.4 is 28.5 Å². The van der Waals surface area contributed by atoms with Gasteiger partial charge in [0, 0.05) is 5.56 Å². The number of nitrogens with zero attached hydrogens (tertiary/aromatic N) is 1. The Bertz CT molecular complexity index is 274. The van der Waals surface area contributed by atoms with Gasteiger partial charge in [-0.1, -0.05) is 0 Å². The molecule has 72 valence electrons. The molecule has 0 spiro atoms. The molecule has 13 heavy (non-hydrogen) atoms. The first kappa shape index (κ1) is 12.6. The number of benzene rings is 1. The van der Waals surface area contributed by atoms with Crippen LogP contribution in [0.1, 0.15) is 10.4 Å². The van der Waals surface area contributed by atoms with Crippen molar-refractivity contribution in [1.29, 1.82) is 0 Å². The first-order valence-electron chi connectivity index (χ1n) is 3.91. The average molecular weight is 291 g/mol. The van der Waals surface area contributed by atoms with Crippen LogP contribution in [0.4, 0.5) is 5.69 Å². The lowest BCUT2D eigenvalue weighted by Crippen LogP contribution is -3.00. The maximum atomic E-state index is 10.4. The van der Waals surface area contributed by atoms with E-state index in [2.05, 4.69) is 21.1 Å². The zero-order valence-corrected chi connectivity index (χ0v) is 10.3. The fraction of sp³-hybridized carbons (Fsp3) is 0.300. The third-order valence-electron chi connectivity index (χ3n) is 1.80. The molecule has 0 aromatic heterocycles. The van der Waals surface area contributed by atoms with Crippen molar-refractivity contribution >= 4 is 12.0 Å². The van der Waals surface area contributed by atoms with E-state index < -0.39 is 0 Å². The monoisotopic (exact) mass is 291 g/mol. The molecule has 0 N–H and O–H groups in total. The molecular formula is C10H14INO. The number of rotatable bonds is 2. The van der Waals surface area contributed by atoms with Crippen LogP contribution in [-0.4, -0.2) is 27.4 Å². The van der Waals surface area contributed by atoms with Crippen LogP contribution in [0, 0.1) is 0 Å². The van der Waals surface area contributed by atoms with E-state index in [4.69, 9.17) is 0 Å². The van der Waals surface area contributed by atoms with Crippen LogP contribution in [0.25, 0.3) is 0 Å². The molecule has 0 aliphatic heterocycles. The summed E-state index contributed by atoms with van der Waals surface area (Å²) < 4.78 is 0.777. The predicted molar refractivity (Wildman–Crippen MR) is 51.4 cm³/mol. The van der Waals surface area contributed by atoms with Crippen LogP contribution in [0.5, 0.6) is 0 Å². The van der Waals surface area contributed by atoms with E-state index in [0.29, 0.717) is 0 Å². The summed E-state index contributed by atoms with van der Waals surface area (Å²) in [4.78, 5) is 10.4. The summed E-state index contributed by atoms with van der Waals surface area (Å²) in [6.07, 6.45) is 0.861. The van der Waals surface area contributed by atoms with E-state index in [9.17, 15) is 4.79 Å². The van der Waals surface area contributed by atoms with Crippen molar-refractivity contribution in [3.05, 3.63) is 29.8 Å². The van der Waals surface area contributed by atoms with Crippen LogP contribution in [0.2, 0.25) is 0 Å². The number of carbonyl (C=O) groups is 1. The summed E-state index contributed by atoms with van der Waals surface area (Å²) in [5.74, 6) is 0. The van der Waals surface area contributed by atoms with Gasteiger partial charge in [0.05, 0.1) is 21.1 Å². The minimum absolute atomic E-state index is 0. The fourth-order valence-corrected chi connectivity index (χ4v) is 1.00. The average Bonchev–Trinajstić information content (AvgIpc) is 2.03. The smallest absolute Gasteiger partial charge is 0.150 e. The minimum atomic E-state index is 0. The molecule has 0 saturated carbocycles. The zero-order valence-electron chi connectivity index (χ0n) is 8.12. The molecule has 2 nitrogen and oxygen atoms in total. The molecule has 0 atom stereocenters. The Balaban J connectivity index is 0.00000144. The fourth-order valence-electron chi connectivity index (χ4n) is 1.00. The minimum Gasteiger partial charge on any atom is -1.00 e. The maximum Gasteiger partial charge on any atom is 0.150 e. The van der Waals surface area contributed by atoms with Gasteiger partial charge in [-0.3, -0.25) is 9.28 Å². The number of carbonyl (C=O) groups excluding carboxylic acids is 1. The maximum absolute atomic E-state index is 10.4.